The number of rotatable bonds is 7. The molecule has 0 unspecified atom stereocenters. The van der Waals surface area contributed by atoms with E-state index in [0.717, 1.165) is 11.3 Å². The first-order chi connectivity index (χ1) is 13.2. The van der Waals surface area contributed by atoms with Crippen molar-refractivity contribution in [1.29, 1.82) is 5.26 Å². The fraction of sp³-hybridized carbons (Fsp3) is 0.150. The summed E-state index contributed by atoms with van der Waals surface area (Å²) >= 11 is 0. The molecule has 0 fully saturated rings. The van der Waals surface area contributed by atoms with Gasteiger partial charge in [-0.05, 0) is 42.0 Å². The Morgan fingerprint density at radius 3 is 2.33 bits per heavy atom. The summed E-state index contributed by atoms with van der Waals surface area (Å²) in [5.74, 6) is 2.22. The van der Waals surface area contributed by atoms with E-state index < -0.39 is 0 Å². The van der Waals surface area contributed by atoms with E-state index in [4.69, 9.17) is 19.5 Å². The Labute approximate surface area is 157 Å². The van der Waals surface area contributed by atoms with Crippen LogP contribution in [0.15, 0.2) is 54.7 Å². The Balaban J connectivity index is 1.68. The van der Waals surface area contributed by atoms with Gasteiger partial charge in [0, 0.05) is 24.0 Å². The minimum absolute atomic E-state index is 0.306. The largest absolute Gasteiger partial charge is 0.497 e. The predicted octanol–water partition coefficient (Wildman–Crippen LogP) is 3.69. The molecule has 1 aromatic heterocycles. The molecule has 7 heteroatoms. The van der Waals surface area contributed by atoms with Crippen LogP contribution in [0.2, 0.25) is 0 Å². The van der Waals surface area contributed by atoms with Gasteiger partial charge in [-0.15, -0.1) is 0 Å². The predicted molar refractivity (Wildman–Crippen MR) is 100 cm³/mol. The lowest BCUT2D eigenvalue weighted by molar-refractivity contribution is 0.292. The van der Waals surface area contributed by atoms with Crippen molar-refractivity contribution in [3.63, 3.8) is 0 Å². The minimum Gasteiger partial charge on any atom is -0.497 e. The number of nitrogens with one attached hydrogen (secondary N) is 1. The fourth-order valence-electron chi connectivity index (χ4n) is 2.35. The molecule has 27 heavy (non-hydrogen) atoms. The average Bonchev–Trinajstić information content (AvgIpc) is 2.72. The van der Waals surface area contributed by atoms with Crippen molar-refractivity contribution in [3.05, 3.63) is 65.9 Å². The van der Waals surface area contributed by atoms with Crippen molar-refractivity contribution >= 4 is 11.6 Å². The van der Waals surface area contributed by atoms with Crippen molar-refractivity contribution in [3.8, 4) is 23.4 Å². The summed E-state index contributed by atoms with van der Waals surface area (Å²) in [6.45, 7) is 0.306. The van der Waals surface area contributed by atoms with Gasteiger partial charge in [-0.1, -0.05) is 0 Å². The molecule has 0 bridgehead atoms. The van der Waals surface area contributed by atoms with Gasteiger partial charge < -0.3 is 19.5 Å². The van der Waals surface area contributed by atoms with Gasteiger partial charge in [0.05, 0.1) is 25.9 Å². The second-order valence-electron chi connectivity index (χ2n) is 5.54. The van der Waals surface area contributed by atoms with E-state index in [-0.39, 0.29) is 0 Å². The molecule has 3 rings (SSSR count). The quantitative estimate of drug-likeness (QED) is 0.685. The van der Waals surface area contributed by atoms with E-state index in [1.165, 1.54) is 0 Å². The van der Waals surface area contributed by atoms with Gasteiger partial charge in [-0.3, -0.25) is 0 Å². The van der Waals surface area contributed by atoms with Gasteiger partial charge in [0.25, 0.3) is 0 Å². The number of methoxy groups -OCH3 is 2. The zero-order valence-electron chi connectivity index (χ0n) is 15.0. The molecule has 0 amide bonds. The maximum atomic E-state index is 8.85. The van der Waals surface area contributed by atoms with Crippen LogP contribution in [0.3, 0.4) is 0 Å². The van der Waals surface area contributed by atoms with Crippen molar-refractivity contribution in [1.82, 2.24) is 9.97 Å². The van der Waals surface area contributed by atoms with Crippen LogP contribution in [0.1, 0.15) is 11.1 Å². The standard InChI is InChI=1S/C20H18N4O3/c1-25-17-9-15(10-18(11-17)26-2)13-27-19-7-8-22-20(24-19)23-16-5-3-14(12-21)4-6-16/h3-11H,13H2,1-2H3,(H,22,23,24). The van der Waals surface area contributed by atoms with Crippen LogP contribution in [0.4, 0.5) is 11.6 Å². The van der Waals surface area contributed by atoms with Crippen molar-refractivity contribution in [2.75, 3.05) is 19.5 Å². The van der Waals surface area contributed by atoms with Gasteiger partial charge >= 0.3 is 0 Å². The molecule has 0 radical (unpaired) electrons. The normalized spacial score (nSPS) is 9.96. The molecule has 3 aromatic rings. The third-order valence-corrected chi connectivity index (χ3v) is 3.70. The topological polar surface area (TPSA) is 89.3 Å². The van der Waals surface area contributed by atoms with Crippen molar-refractivity contribution in [2.24, 2.45) is 0 Å². The second-order valence-corrected chi connectivity index (χ2v) is 5.54. The Kier molecular flexibility index (Phi) is 5.70. The van der Waals surface area contributed by atoms with Gasteiger partial charge in [0.2, 0.25) is 11.8 Å². The summed E-state index contributed by atoms with van der Waals surface area (Å²) in [5, 5.41) is 11.9. The van der Waals surface area contributed by atoms with E-state index in [2.05, 4.69) is 21.4 Å². The van der Waals surface area contributed by atoms with E-state index in [0.29, 0.717) is 35.5 Å². The molecule has 0 saturated heterocycles. The molecule has 136 valence electrons. The van der Waals surface area contributed by atoms with E-state index in [1.807, 2.05) is 12.1 Å². The van der Waals surface area contributed by atoms with E-state index in [9.17, 15) is 0 Å². The zero-order chi connectivity index (χ0) is 19.1. The highest BCUT2D eigenvalue weighted by Gasteiger charge is 2.05. The molecule has 1 heterocycles. The number of hydrogen-bond donors (Lipinski definition) is 1. The third-order valence-electron chi connectivity index (χ3n) is 3.70. The van der Waals surface area contributed by atoms with Gasteiger partial charge in [-0.2, -0.15) is 10.2 Å². The number of hydrogen-bond acceptors (Lipinski definition) is 7. The number of ether oxygens (including phenoxy) is 3. The molecule has 0 aliphatic heterocycles. The number of nitriles is 1. The van der Waals surface area contributed by atoms with Crippen molar-refractivity contribution in [2.45, 2.75) is 6.61 Å². The lowest BCUT2D eigenvalue weighted by atomic mass is 10.2. The average molecular weight is 362 g/mol. The fourth-order valence-corrected chi connectivity index (χ4v) is 2.35. The molecule has 2 aromatic carbocycles. The van der Waals surface area contributed by atoms with Crippen LogP contribution < -0.4 is 19.5 Å². The highest BCUT2D eigenvalue weighted by molar-refractivity contribution is 5.55. The van der Waals surface area contributed by atoms with Crippen LogP contribution in [-0.2, 0) is 6.61 Å². The first kappa shape index (κ1) is 18.0. The van der Waals surface area contributed by atoms with Gasteiger partial charge in [0.15, 0.2) is 0 Å². The molecular formula is C20H18N4O3. The molecule has 0 aliphatic rings. The van der Waals surface area contributed by atoms with Crippen LogP contribution in [-0.4, -0.2) is 24.2 Å². The molecule has 0 saturated carbocycles. The molecular weight excluding hydrogens is 344 g/mol. The van der Waals surface area contributed by atoms with Crippen molar-refractivity contribution < 1.29 is 14.2 Å². The SMILES string of the molecule is COc1cc(COc2ccnc(Nc3ccc(C#N)cc3)n2)cc(OC)c1. The summed E-state index contributed by atoms with van der Waals surface area (Å²) in [5.41, 5.74) is 2.27. The highest BCUT2D eigenvalue weighted by Crippen LogP contribution is 2.23. The molecule has 7 nitrogen and oxygen atoms in total. The second kappa shape index (κ2) is 8.54. The van der Waals surface area contributed by atoms with Crippen LogP contribution in [0, 0.1) is 11.3 Å². The molecule has 0 atom stereocenters. The smallest absolute Gasteiger partial charge is 0.230 e. The first-order valence-electron chi connectivity index (χ1n) is 8.15. The van der Waals surface area contributed by atoms with E-state index >= 15 is 0 Å². The minimum atomic E-state index is 0.306. The highest BCUT2D eigenvalue weighted by atomic mass is 16.5. The Morgan fingerprint density at radius 1 is 1.00 bits per heavy atom. The lowest BCUT2D eigenvalue weighted by Gasteiger charge is -2.10. The first-order valence-corrected chi connectivity index (χ1v) is 8.15. The molecule has 0 aliphatic carbocycles. The monoisotopic (exact) mass is 362 g/mol. The summed E-state index contributed by atoms with van der Waals surface area (Å²) in [6, 6.07) is 16.3. The number of benzene rings is 2. The van der Waals surface area contributed by atoms with Gasteiger partial charge in [-0.25, -0.2) is 4.98 Å². The van der Waals surface area contributed by atoms with Crippen LogP contribution in [0.5, 0.6) is 17.4 Å². The number of aromatic nitrogens is 2. The third kappa shape index (κ3) is 4.86. The maximum absolute atomic E-state index is 8.85. The maximum Gasteiger partial charge on any atom is 0.230 e. The zero-order valence-corrected chi connectivity index (χ0v) is 15.0. The Hall–Kier alpha value is -3.79. The summed E-state index contributed by atoms with van der Waals surface area (Å²) < 4.78 is 16.3. The molecule has 1 N–H and O–H groups in total. The lowest BCUT2D eigenvalue weighted by Crippen LogP contribution is -2.02. The number of nitrogens with zero attached hydrogens (tertiary/aromatic N) is 3. The summed E-state index contributed by atoms with van der Waals surface area (Å²) in [6.07, 6.45) is 1.61. The Bertz CT molecular complexity index is 930. The van der Waals surface area contributed by atoms with Crippen LogP contribution in [0.25, 0.3) is 0 Å². The van der Waals surface area contributed by atoms with E-state index in [1.54, 1.807) is 56.8 Å². The summed E-state index contributed by atoms with van der Waals surface area (Å²) in [4.78, 5) is 8.52. The van der Waals surface area contributed by atoms with Crippen LogP contribution >= 0.6 is 0 Å². The number of anilines is 2. The van der Waals surface area contributed by atoms with Gasteiger partial charge in [0.1, 0.15) is 18.1 Å². The summed E-state index contributed by atoms with van der Waals surface area (Å²) in [7, 11) is 3.20. The Morgan fingerprint density at radius 2 is 1.70 bits per heavy atom. The molecule has 0 spiro atoms.